The molecular formula is C29H34Cl2N2O4. The van der Waals surface area contributed by atoms with Crippen LogP contribution in [0.3, 0.4) is 0 Å². The first-order chi connectivity index (χ1) is 17.3. The van der Waals surface area contributed by atoms with E-state index in [1.165, 1.54) is 0 Å². The molecule has 2 heterocycles. The SMILES string of the molecule is Cl.Cl.O=C(OCCCN1CCN(CCOc2ccccc2)CC1)C1c2ccccc2Oc2ccccc21. The van der Waals surface area contributed by atoms with Crippen LogP contribution in [0.4, 0.5) is 0 Å². The Balaban J connectivity index is 0.00000190. The number of rotatable bonds is 9. The van der Waals surface area contributed by atoms with Crippen molar-refractivity contribution in [3.05, 3.63) is 90.0 Å². The first kappa shape index (κ1) is 28.8. The molecule has 0 amide bonds. The number of nitrogens with zero attached hydrogens (tertiary/aromatic N) is 2. The largest absolute Gasteiger partial charge is 0.492 e. The fourth-order valence-electron chi connectivity index (χ4n) is 4.75. The molecule has 2 aliphatic heterocycles. The van der Waals surface area contributed by atoms with Gasteiger partial charge in [-0.25, -0.2) is 0 Å². The molecule has 0 N–H and O–H groups in total. The summed E-state index contributed by atoms with van der Waals surface area (Å²) in [7, 11) is 0. The number of benzene rings is 3. The Bertz CT molecular complexity index is 1080. The fourth-order valence-corrected chi connectivity index (χ4v) is 4.75. The Morgan fingerprint density at radius 3 is 1.89 bits per heavy atom. The first-order valence-corrected chi connectivity index (χ1v) is 12.4. The van der Waals surface area contributed by atoms with Crippen molar-refractivity contribution in [2.45, 2.75) is 12.3 Å². The van der Waals surface area contributed by atoms with E-state index in [0.29, 0.717) is 13.2 Å². The summed E-state index contributed by atoms with van der Waals surface area (Å²) >= 11 is 0. The maximum absolute atomic E-state index is 13.1. The van der Waals surface area contributed by atoms with E-state index in [1.54, 1.807) is 0 Å². The summed E-state index contributed by atoms with van der Waals surface area (Å²) in [6, 6.07) is 25.4. The monoisotopic (exact) mass is 544 g/mol. The number of hydrogen-bond donors (Lipinski definition) is 0. The van der Waals surface area contributed by atoms with Gasteiger partial charge in [0.15, 0.2) is 0 Å². The predicted octanol–water partition coefficient (Wildman–Crippen LogP) is 5.40. The smallest absolute Gasteiger partial charge is 0.318 e. The van der Waals surface area contributed by atoms with Gasteiger partial charge >= 0.3 is 5.97 Å². The van der Waals surface area contributed by atoms with Crippen molar-refractivity contribution in [3.8, 4) is 17.2 Å². The Morgan fingerprint density at radius 2 is 1.27 bits per heavy atom. The average Bonchev–Trinajstić information content (AvgIpc) is 2.91. The number of ether oxygens (including phenoxy) is 3. The highest BCUT2D eigenvalue weighted by atomic mass is 35.5. The average molecular weight is 546 g/mol. The highest BCUT2D eigenvalue weighted by Crippen LogP contribution is 2.44. The zero-order valence-electron chi connectivity index (χ0n) is 20.8. The normalized spacial score (nSPS) is 15.2. The zero-order valence-corrected chi connectivity index (χ0v) is 22.4. The molecule has 0 atom stereocenters. The van der Waals surface area contributed by atoms with E-state index in [9.17, 15) is 4.79 Å². The molecule has 0 radical (unpaired) electrons. The molecule has 8 heteroatoms. The topological polar surface area (TPSA) is 51.2 Å². The predicted molar refractivity (Wildman–Crippen MR) is 150 cm³/mol. The Morgan fingerprint density at radius 1 is 0.730 bits per heavy atom. The number of carbonyl (C=O) groups excluding carboxylic acids is 1. The summed E-state index contributed by atoms with van der Waals surface area (Å²) in [5.41, 5.74) is 1.73. The summed E-state index contributed by atoms with van der Waals surface area (Å²) in [6.07, 6.45) is 0.829. The van der Waals surface area contributed by atoms with Crippen LogP contribution in [0.2, 0.25) is 0 Å². The third-order valence-electron chi connectivity index (χ3n) is 6.66. The van der Waals surface area contributed by atoms with Gasteiger partial charge in [-0.05, 0) is 30.7 Å². The number of hydrogen-bond acceptors (Lipinski definition) is 6. The number of para-hydroxylation sites is 3. The van der Waals surface area contributed by atoms with Crippen molar-refractivity contribution >= 4 is 30.8 Å². The zero-order chi connectivity index (χ0) is 23.9. The number of piperazine rings is 1. The minimum Gasteiger partial charge on any atom is -0.492 e. The van der Waals surface area contributed by atoms with Crippen LogP contribution in [0.5, 0.6) is 17.2 Å². The van der Waals surface area contributed by atoms with E-state index in [4.69, 9.17) is 14.2 Å². The summed E-state index contributed by atoms with van der Waals surface area (Å²) in [4.78, 5) is 18.0. The molecular weight excluding hydrogens is 511 g/mol. The lowest BCUT2D eigenvalue weighted by molar-refractivity contribution is -0.144. The number of fused-ring (bicyclic) bond motifs is 2. The Hall–Kier alpha value is -2.77. The molecule has 1 fully saturated rings. The van der Waals surface area contributed by atoms with Crippen LogP contribution in [0.1, 0.15) is 23.5 Å². The summed E-state index contributed by atoms with van der Waals surface area (Å²) < 4.78 is 17.6. The van der Waals surface area contributed by atoms with Gasteiger partial charge in [0.25, 0.3) is 0 Å². The molecule has 0 aliphatic carbocycles. The molecule has 3 aromatic rings. The van der Waals surface area contributed by atoms with Crippen molar-refractivity contribution in [1.82, 2.24) is 9.80 Å². The van der Waals surface area contributed by atoms with Gasteiger partial charge in [0, 0.05) is 50.4 Å². The van der Waals surface area contributed by atoms with Crippen molar-refractivity contribution in [2.75, 3.05) is 52.5 Å². The number of esters is 1. The maximum Gasteiger partial charge on any atom is 0.318 e. The van der Waals surface area contributed by atoms with Crippen LogP contribution < -0.4 is 9.47 Å². The number of halogens is 2. The lowest BCUT2D eigenvalue weighted by Gasteiger charge is -2.34. The third kappa shape index (κ3) is 7.39. The van der Waals surface area contributed by atoms with Crippen LogP contribution in [0.15, 0.2) is 78.9 Å². The highest BCUT2D eigenvalue weighted by molar-refractivity contribution is 5.86. The van der Waals surface area contributed by atoms with Gasteiger partial charge in [0.2, 0.25) is 0 Å². The van der Waals surface area contributed by atoms with Crippen LogP contribution in [0, 0.1) is 0 Å². The molecule has 2 aliphatic rings. The molecule has 0 unspecified atom stereocenters. The van der Waals surface area contributed by atoms with Crippen LogP contribution in [-0.4, -0.2) is 68.3 Å². The van der Waals surface area contributed by atoms with E-state index in [0.717, 1.165) is 74.1 Å². The molecule has 3 aromatic carbocycles. The van der Waals surface area contributed by atoms with Crippen LogP contribution >= 0.6 is 24.8 Å². The van der Waals surface area contributed by atoms with E-state index >= 15 is 0 Å². The van der Waals surface area contributed by atoms with Gasteiger partial charge in [-0.2, -0.15) is 0 Å². The van der Waals surface area contributed by atoms with E-state index in [2.05, 4.69) is 9.80 Å². The Labute approximate surface area is 231 Å². The molecule has 0 bridgehead atoms. The van der Waals surface area contributed by atoms with Gasteiger partial charge in [0.1, 0.15) is 29.8 Å². The van der Waals surface area contributed by atoms with Crippen LogP contribution in [-0.2, 0) is 9.53 Å². The standard InChI is InChI=1S/C29H32N2O4.2ClH/c32-29(28-24-11-4-6-13-26(24)35-27-14-7-5-12-25(27)28)34-21-8-15-30-16-18-31(19-17-30)20-22-33-23-9-2-1-3-10-23;;/h1-7,9-14,28H,8,15-22H2;2*1H. The second kappa shape index (κ2) is 14.2. The van der Waals surface area contributed by atoms with Crippen molar-refractivity contribution in [3.63, 3.8) is 0 Å². The summed E-state index contributed by atoms with van der Waals surface area (Å²) in [5, 5.41) is 0. The van der Waals surface area contributed by atoms with Crippen molar-refractivity contribution in [2.24, 2.45) is 0 Å². The molecule has 5 rings (SSSR count). The molecule has 0 saturated carbocycles. The number of carbonyl (C=O) groups is 1. The minimum atomic E-state index is -0.446. The van der Waals surface area contributed by atoms with Gasteiger partial charge in [0.05, 0.1) is 6.61 Å². The van der Waals surface area contributed by atoms with Crippen LogP contribution in [0.25, 0.3) is 0 Å². The lowest BCUT2D eigenvalue weighted by Crippen LogP contribution is -2.47. The van der Waals surface area contributed by atoms with Gasteiger partial charge in [-0.15, -0.1) is 24.8 Å². The van der Waals surface area contributed by atoms with Crippen molar-refractivity contribution < 1.29 is 19.0 Å². The van der Waals surface area contributed by atoms with Gasteiger partial charge in [-0.1, -0.05) is 54.6 Å². The fraction of sp³-hybridized carbons (Fsp3) is 0.345. The first-order valence-electron chi connectivity index (χ1n) is 12.4. The second-order valence-electron chi connectivity index (χ2n) is 8.98. The minimum absolute atomic E-state index is 0. The Kier molecular flexibility index (Phi) is 11.1. The van der Waals surface area contributed by atoms with Gasteiger partial charge < -0.3 is 19.1 Å². The highest BCUT2D eigenvalue weighted by Gasteiger charge is 2.33. The van der Waals surface area contributed by atoms with Gasteiger partial charge in [-0.3, -0.25) is 9.69 Å². The quantitative estimate of drug-likeness (QED) is 0.265. The van der Waals surface area contributed by atoms with E-state index in [1.807, 2.05) is 78.9 Å². The lowest BCUT2D eigenvalue weighted by atomic mass is 9.88. The van der Waals surface area contributed by atoms with Crippen molar-refractivity contribution in [1.29, 1.82) is 0 Å². The van der Waals surface area contributed by atoms with E-state index < -0.39 is 5.92 Å². The summed E-state index contributed by atoms with van der Waals surface area (Å²) in [5.74, 6) is 1.71. The maximum atomic E-state index is 13.1. The molecule has 0 spiro atoms. The van der Waals surface area contributed by atoms with E-state index in [-0.39, 0.29) is 30.8 Å². The third-order valence-corrected chi connectivity index (χ3v) is 6.66. The molecule has 0 aromatic heterocycles. The second-order valence-corrected chi connectivity index (χ2v) is 8.98. The molecule has 198 valence electrons. The molecule has 1 saturated heterocycles. The molecule has 37 heavy (non-hydrogen) atoms. The molecule has 6 nitrogen and oxygen atoms in total. The summed E-state index contributed by atoms with van der Waals surface area (Å²) in [6.45, 7) is 7.13.